The molecule has 8 heteroatoms. The lowest BCUT2D eigenvalue weighted by atomic mass is 10.1. The first-order chi connectivity index (χ1) is 9.36. The molecule has 1 aliphatic carbocycles. The van der Waals surface area contributed by atoms with Crippen molar-refractivity contribution in [3.8, 4) is 0 Å². The summed E-state index contributed by atoms with van der Waals surface area (Å²) in [5, 5.41) is 8.37. The van der Waals surface area contributed by atoms with Gasteiger partial charge < -0.3 is 15.2 Å². The second-order valence-electron chi connectivity index (χ2n) is 5.06. The largest absolute Gasteiger partial charge is 0.452 e. The minimum atomic E-state index is -4.56. The monoisotopic (exact) mass is 291 g/mol. The number of carbonyl (C=O) groups is 1. The highest BCUT2D eigenvalue weighted by atomic mass is 19.4. The number of hydrogen-bond donors (Lipinski definition) is 2. The van der Waals surface area contributed by atoms with Gasteiger partial charge in [0.25, 0.3) is 0 Å². The fraction of sp³-hybridized carbons (Fsp3) is 0.667. The number of hydrogen-bond acceptors (Lipinski definition) is 3. The van der Waals surface area contributed by atoms with Gasteiger partial charge in [-0.2, -0.15) is 13.2 Å². The molecule has 0 spiro atoms. The number of nitrogens with one attached hydrogen (secondary N) is 2. The Hall–Kier alpha value is -1.73. The molecule has 2 rings (SSSR count). The predicted octanol–water partition coefficient (Wildman–Crippen LogP) is 2.54. The van der Waals surface area contributed by atoms with Crippen molar-refractivity contribution >= 4 is 6.03 Å². The Balaban J connectivity index is 1.71. The lowest BCUT2D eigenvalue weighted by Crippen LogP contribution is -2.37. The number of urea groups is 1. The average molecular weight is 291 g/mol. The molecule has 1 fully saturated rings. The summed E-state index contributed by atoms with van der Waals surface area (Å²) in [6, 6.07) is 0.349. The normalized spacial score (nSPS) is 16.8. The fourth-order valence-electron chi connectivity index (χ4n) is 1.85. The zero-order chi connectivity index (χ0) is 14.8. The lowest BCUT2D eigenvalue weighted by Gasteiger charge is -2.11. The molecule has 0 bridgehead atoms. The number of carbonyl (C=O) groups excluding carboxylic acids is 1. The molecule has 1 unspecified atom stereocenters. The van der Waals surface area contributed by atoms with Crippen LogP contribution in [0.1, 0.15) is 31.2 Å². The predicted molar refractivity (Wildman–Crippen MR) is 63.6 cm³/mol. The van der Waals surface area contributed by atoms with Gasteiger partial charge in [0.15, 0.2) is 0 Å². The Morgan fingerprint density at radius 3 is 2.75 bits per heavy atom. The Labute approximate surface area is 113 Å². The van der Waals surface area contributed by atoms with Crippen LogP contribution in [0.2, 0.25) is 0 Å². The summed E-state index contributed by atoms with van der Waals surface area (Å²) in [7, 11) is 0. The summed E-state index contributed by atoms with van der Waals surface area (Å²) >= 11 is 0. The lowest BCUT2D eigenvalue weighted by molar-refractivity contribution is -0.155. The molecule has 1 aromatic rings. The molecular formula is C12H16F3N3O2. The van der Waals surface area contributed by atoms with E-state index in [1.165, 1.54) is 12.8 Å². The van der Waals surface area contributed by atoms with Gasteiger partial charge in [-0.15, -0.1) is 0 Å². The average Bonchev–Trinajstić information content (AvgIpc) is 3.10. The van der Waals surface area contributed by atoms with E-state index in [1.54, 1.807) is 0 Å². The third-order valence-corrected chi connectivity index (χ3v) is 3.28. The summed E-state index contributed by atoms with van der Waals surface area (Å²) in [5.74, 6) is -0.0677. The number of alkyl halides is 3. The van der Waals surface area contributed by atoms with Crippen molar-refractivity contribution < 1.29 is 22.5 Å². The van der Waals surface area contributed by atoms with Gasteiger partial charge in [0.05, 0.1) is 6.54 Å². The molecule has 5 nitrogen and oxygen atoms in total. The molecule has 1 saturated carbocycles. The Morgan fingerprint density at radius 1 is 1.50 bits per heavy atom. The molecule has 1 atom stereocenters. The quantitative estimate of drug-likeness (QED) is 0.876. The van der Waals surface area contributed by atoms with E-state index in [-0.39, 0.29) is 12.2 Å². The standard InChI is InChI=1S/C12H16F3N3O2/c1-7(8-2-3-8)5-16-11(19)17-6-9-4-10(20-18-9)12(13,14)15/h4,7-8H,2-3,5-6H2,1H3,(H2,16,17,19). The zero-order valence-corrected chi connectivity index (χ0v) is 11.0. The molecular weight excluding hydrogens is 275 g/mol. The first-order valence-electron chi connectivity index (χ1n) is 6.40. The van der Waals surface area contributed by atoms with E-state index in [2.05, 4.69) is 27.2 Å². The van der Waals surface area contributed by atoms with Crippen LogP contribution in [0, 0.1) is 11.8 Å². The summed E-state index contributed by atoms with van der Waals surface area (Å²) in [6.07, 6.45) is -2.17. The van der Waals surface area contributed by atoms with Crippen LogP contribution in [0.15, 0.2) is 10.6 Å². The Kier molecular flexibility index (Phi) is 4.20. The number of rotatable bonds is 5. The van der Waals surface area contributed by atoms with Crippen LogP contribution in [-0.4, -0.2) is 17.7 Å². The van der Waals surface area contributed by atoms with Gasteiger partial charge in [0, 0.05) is 12.6 Å². The molecule has 0 saturated heterocycles. The Bertz CT molecular complexity index is 469. The van der Waals surface area contributed by atoms with E-state index in [4.69, 9.17) is 0 Å². The second kappa shape index (κ2) is 5.72. The van der Waals surface area contributed by atoms with Crippen molar-refractivity contribution in [3.05, 3.63) is 17.5 Å². The number of aromatic nitrogens is 1. The highest BCUT2D eigenvalue weighted by Gasteiger charge is 2.36. The maximum Gasteiger partial charge on any atom is 0.452 e. The van der Waals surface area contributed by atoms with E-state index in [9.17, 15) is 18.0 Å². The number of halogens is 3. The summed E-state index contributed by atoms with van der Waals surface area (Å²) in [4.78, 5) is 11.5. The van der Waals surface area contributed by atoms with Crippen LogP contribution >= 0.6 is 0 Å². The van der Waals surface area contributed by atoms with Crippen LogP contribution in [-0.2, 0) is 12.7 Å². The molecule has 112 valence electrons. The summed E-state index contributed by atoms with van der Waals surface area (Å²) in [6.45, 7) is 2.51. The first kappa shape index (κ1) is 14.7. The molecule has 0 aromatic carbocycles. The molecule has 2 amide bonds. The van der Waals surface area contributed by atoms with Gasteiger partial charge in [-0.1, -0.05) is 12.1 Å². The third kappa shape index (κ3) is 4.14. The maximum atomic E-state index is 12.3. The smallest absolute Gasteiger partial charge is 0.351 e. The summed E-state index contributed by atoms with van der Waals surface area (Å²) in [5.41, 5.74) is 0.0303. The van der Waals surface area contributed by atoms with E-state index in [0.717, 1.165) is 6.07 Å². The molecule has 1 aliphatic rings. The topological polar surface area (TPSA) is 67.2 Å². The molecule has 0 radical (unpaired) electrons. The molecule has 1 aromatic heterocycles. The molecule has 0 aliphatic heterocycles. The van der Waals surface area contributed by atoms with E-state index < -0.39 is 18.0 Å². The SMILES string of the molecule is CC(CNC(=O)NCc1cc(C(F)(F)F)on1)C1CC1. The highest BCUT2D eigenvalue weighted by molar-refractivity contribution is 5.73. The van der Waals surface area contributed by atoms with Crippen molar-refractivity contribution in [1.82, 2.24) is 15.8 Å². The summed E-state index contributed by atoms with van der Waals surface area (Å²) < 4.78 is 40.9. The van der Waals surface area contributed by atoms with Crippen molar-refractivity contribution in [1.29, 1.82) is 0 Å². The highest BCUT2D eigenvalue weighted by Crippen LogP contribution is 2.36. The maximum absolute atomic E-state index is 12.3. The van der Waals surface area contributed by atoms with Crippen LogP contribution < -0.4 is 10.6 Å². The van der Waals surface area contributed by atoms with E-state index >= 15 is 0 Å². The minimum absolute atomic E-state index is 0.0303. The van der Waals surface area contributed by atoms with Crippen LogP contribution in [0.5, 0.6) is 0 Å². The van der Waals surface area contributed by atoms with Gasteiger partial charge in [0.1, 0.15) is 5.69 Å². The minimum Gasteiger partial charge on any atom is -0.351 e. The van der Waals surface area contributed by atoms with Crippen molar-refractivity contribution in [3.63, 3.8) is 0 Å². The number of amides is 2. The van der Waals surface area contributed by atoms with Gasteiger partial charge in [0.2, 0.25) is 5.76 Å². The van der Waals surface area contributed by atoms with Gasteiger partial charge >= 0.3 is 12.2 Å². The molecule has 1 heterocycles. The molecule has 20 heavy (non-hydrogen) atoms. The van der Waals surface area contributed by atoms with Gasteiger partial charge in [-0.25, -0.2) is 4.79 Å². The fourth-order valence-corrected chi connectivity index (χ4v) is 1.85. The zero-order valence-electron chi connectivity index (χ0n) is 11.0. The molecule has 2 N–H and O–H groups in total. The number of nitrogens with zero attached hydrogens (tertiary/aromatic N) is 1. The van der Waals surface area contributed by atoms with Crippen molar-refractivity contribution in [2.75, 3.05) is 6.54 Å². The van der Waals surface area contributed by atoms with Crippen molar-refractivity contribution in [2.24, 2.45) is 11.8 Å². The van der Waals surface area contributed by atoms with Crippen LogP contribution in [0.25, 0.3) is 0 Å². The van der Waals surface area contributed by atoms with Crippen molar-refractivity contribution in [2.45, 2.75) is 32.5 Å². The second-order valence-corrected chi connectivity index (χ2v) is 5.06. The van der Waals surface area contributed by atoms with E-state index in [0.29, 0.717) is 18.4 Å². The van der Waals surface area contributed by atoms with Gasteiger partial charge in [-0.3, -0.25) is 0 Å². The van der Waals surface area contributed by atoms with E-state index in [1.807, 2.05) is 0 Å². The third-order valence-electron chi connectivity index (χ3n) is 3.28. The van der Waals surface area contributed by atoms with Crippen LogP contribution in [0.4, 0.5) is 18.0 Å². The van der Waals surface area contributed by atoms with Gasteiger partial charge in [-0.05, 0) is 24.7 Å². The first-order valence-corrected chi connectivity index (χ1v) is 6.40. The van der Waals surface area contributed by atoms with Crippen LogP contribution in [0.3, 0.4) is 0 Å². The Morgan fingerprint density at radius 2 is 2.20 bits per heavy atom.